The van der Waals surface area contributed by atoms with Crippen LogP contribution < -0.4 is 21.3 Å². The van der Waals surface area contributed by atoms with Crippen LogP contribution in [0.2, 0.25) is 5.02 Å². The fourth-order valence-electron chi connectivity index (χ4n) is 5.38. The standard InChI is InChI=1S/C30H39ClFN9O3/c1-19-17-40(10-9-38(19)3)26-6-5-21(15-24(26)35-29(42)22-16-23(33)28(32)20(2)27(22)31)41-18-25(36-37-41)30(43)34-7-4-8-39-11-13-44-14-12-39/h5-6,15-16,18-19H,4,7-14,17,33H2,1-3H3,(H,34,43)(H,35,42). The lowest BCUT2D eigenvalue weighted by atomic mass is 10.1. The molecule has 2 aliphatic rings. The van der Waals surface area contributed by atoms with E-state index in [4.69, 9.17) is 22.1 Å². The summed E-state index contributed by atoms with van der Waals surface area (Å²) in [5, 5.41) is 14.1. The maximum atomic E-state index is 14.3. The average molecular weight is 628 g/mol. The van der Waals surface area contributed by atoms with Gasteiger partial charge in [0, 0.05) is 50.9 Å². The zero-order valence-electron chi connectivity index (χ0n) is 25.3. The van der Waals surface area contributed by atoms with Gasteiger partial charge in [0.15, 0.2) is 11.5 Å². The number of hydrogen-bond donors (Lipinski definition) is 3. The van der Waals surface area contributed by atoms with Crippen LogP contribution in [0.25, 0.3) is 5.69 Å². The normalized spacial score (nSPS) is 17.9. The Hall–Kier alpha value is -3.78. The van der Waals surface area contributed by atoms with Crippen LogP contribution in [-0.2, 0) is 4.74 Å². The quantitative estimate of drug-likeness (QED) is 0.242. The van der Waals surface area contributed by atoms with Crippen molar-refractivity contribution in [2.24, 2.45) is 0 Å². The van der Waals surface area contributed by atoms with Crippen molar-refractivity contribution in [3.8, 4) is 5.69 Å². The van der Waals surface area contributed by atoms with Crippen molar-refractivity contribution in [3.63, 3.8) is 0 Å². The van der Waals surface area contributed by atoms with Crippen molar-refractivity contribution in [1.29, 1.82) is 0 Å². The molecule has 1 unspecified atom stereocenters. The molecule has 3 heterocycles. The molecule has 1 aromatic heterocycles. The number of anilines is 3. The van der Waals surface area contributed by atoms with E-state index in [0.717, 1.165) is 64.6 Å². The highest BCUT2D eigenvalue weighted by Gasteiger charge is 2.25. The van der Waals surface area contributed by atoms with Crippen LogP contribution in [0, 0.1) is 12.7 Å². The Kier molecular flexibility index (Phi) is 9.99. The number of benzene rings is 2. The number of amides is 2. The molecule has 1 atom stereocenters. The number of ether oxygens (including phenoxy) is 1. The third-order valence-corrected chi connectivity index (χ3v) is 8.74. The summed E-state index contributed by atoms with van der Waals surface area (Å²) in [6.07, 6.45) is 2.37. The molecule has 2 fully saturated rings. The maximum absolute atomic E-state index is 14.3. The number of rotatable bonds is 9. The van der Waals surface area contributed by atoms with Crippen LogP contribution in [0.3, 0.4) is 0 Å². The van der Waals surface area contributed by atoms with Gasteiger partial charge in [0.05, 0.1) is 52.7 Å². The molecule has 3 aromatic rings. The van der Waals surface area contributed by atoms with E-state index in [1.54, 1.807) is 12.3 Å². The maximum Gasteiger partial charge on any atom is 0.273 e. The molecule has 2 saturated heterocycles. The second-order valence-corrected chi connectivity index (χ2v) is 11.7. The minimum absolute atomic E-state index is 0.00278. The van der Waals surface area contributed by atoms with E-state index < -0.39 is 11.7 Å². The van der Waals surface area contributed by atoms with Gasteiger partial charge in [-0.15, -0.1) is 5.10 Å². The number of morpholine rings is 1. The number of likely N-dealkylation sites (N-methyl/N-ethyl adjacent to an activating group) is 1. The number of nitrogens with zero attached hydrogens (tertiary/aromatic N) is 6. The first kappa shape index (κ1) is 31.6. The first-order chi connectivity index (χ1) is 21.1. The van der Waals surface area contributed by atoms with E-state index in [9.17, 15) is 14.0 Å². The molecule has 2 aromatic carbocycles. The van der Waals surface area contributed by atoms with Crippen LogP contribution in [-0.4, -0.2) is 109 Å². The molecule has 0 aliphatic carbocycles. The van der Waals surface area contributed by atoms with Gasteiger partial charge in [-0.3, -0.25) is 14.5 Å². The van der Waals surface area contributed by atoms with E-state index in [1.807, 2.05) is 12.1 Å². The summed E-state index contributed by atoms with van der Waals surface area (Å²) in [5.74, 6) is -1.49. The highest BCUT2D eigenvalue weighted by molar-refractivity contribution is 6.35. The van der Waals surface area contributed by atoms with E-state index in [2.05, 4.69) is 49.6 Å². The van der Waals surface area contributed by atoms with Crippen LogP contribution >= 0.6 is 11.6 Å². The minimum Gasteiger partial charge on any atom is -0.396 e. The molecule has 2 aliphatic heterocycles. The molecule has 0 saturated carbocycles. The van der Waals surface area contributed by atoms with Gasteiger partial charge in [-0.05, 0) is 58.1 Å². The first-order valence-corrected chi connectivity index (χ1v) is 15.2. The van der Waals surface area contributed by atoms with Gasteiger partial charge >= 0.3 is 0 Å². The second kappa shape index (κ2) is 13.9. The Bertz CT molecular complexity index is 1510. The molecule has 44 heavy (non-hydrogen) atoms. The molecule has 2 amide bonds. The molecule has 0 radical (unpaired) electrons. The highest BCUT2D eigenvalue weighted by Crippen LogP contribution is 2.33. The van der Waals surface area contributed by atoms with Crippen molar-refractivity contribution in [2.45, 2.75) is 26.3 Å². The zero-order chi connectivity index (χ0) is 31.4. The van der Waals surface area contributed by atoms with Crippen LogP contribution in [0.4, 0.5) is 21.5 Å². The van der Waals surface area contributed by atoms with Crippen LogP contribution in [0.15, 0.2) is 30.5 Å². The topological polar surface area (TPSA) is 134 Å². The average Bonchev–Trinajstić information content (AvgIpc) is 3.52. The summed E-state index contributed by atoms with van der Waals surface area (Å²) in [6, 6.07) is 7.07. The number of hydrogen-bond acceptors (Lipinski definition) is 9. The molecular weight excluding hydrogens is 589 g/mol. The largest absolute Gasteiger partial charge is 0.396 e. The van der Waals surface area contributed by atoms with Crippen LogP contribution in [0.5, 0.6) is 0 Å². The SMILES string of the molecule is Cc1c(F)c(N)cc(C(=O)Nc2cc(-n3cc(C(=O)NCCCN4CCOCC4)nn3)ccc2N2CCN(C)C(C)C2)c1Cl. The fraction of sp³-hybridized carbons (Fsp3) is 0.467. The number of nitrogens with one attached hydrogen (secondary N) is 2. The number of nitrogen functional groups attached to an aromatic ring is 1. The monoisotopic (exact) mass is 627 g/mol. The van der Waals surface area contributed by atoms with Crippen molar-refractivity contribution in [2.75, 3.05) is 82.0 Å². The fourth-order valence-corrected chi connectivity index (χ4v) is 5.60. The van der Waals surface area contributed by atoms with Crippen molar-refractivity contribution >= 4 is 40.5 Å². The lowest BCUT2D eigenvalue weighted by molar-refractivity contribution is 0.0374. The molecular formula is C30H39ClFN9O3. The minimum atomic E-state index is -0.649. The predicted molar refractivity (Wildman–Crippen MR) is 168 cm³/mol. The van der Waals surface area contributed by atoms with E-state index in [0.29, 0.717) is 24.0 Å². The third kappa shape index (κ3) is 7.12. The summed E-state index contributed by atoms with van der Waals surface area (Å²) in [5.41, 5.74) is 7.91. The number of carbonyl (C=O) groups is 2. The number of halogens is 2. The Morgan fingerprint density at radius 1 is 1.16 bits per heavy atom. The van der Waals surface area contributed by atoms with E-state index in [-0.39, 0.29) is 33.4 Å². The van der Waals surface area contributed by atoms with Crippen molar-refractivity contribution in [3.05, 3.63) is 58.1 Å². The lowest BCUT2D eigenvalue weighted by Crippen LogP contribution is -2.50. The van der Waals surface area contributed by atoms with E-state index in [1.165, 1.54) is 17.7 Å². The summed E-state index contributed by atoms with van der Waals surface area (Å²) < 4.78 is 21.2. The summed E-state index contributed by atoms with van der Waals surface area (Å²) in [6.45, 7) is 10.7. The highest BCUT2D eigenvalue weighted by atomic mass is 35.5. The second-order valence-electron chi connectivity index (χ2n) is 11.3. The first-order valence-electron chi connectivity index (χ1n) is 14.8. The van der Waals surface area contributed by atoms with Gasteiger partial charge in [-0.1, -0.05) is 16.8 Å². The Balaban J connectivity index is 1.34. The Morgan fingerprint density at radius 2 is 1.93 bits per heavy atom. The summed E-state index contributed by atoms with van der Waals surface area (Å²) in [7, 11) is 2.08. The summed E-state index contributed by atoms with van der Waals surface area (Å²) >= 11 is 6.36. The van der Waals surface area contributed by atoms with Gasteiger partial charge in [0.25, 0.3) is 11.8 Å². The van der Waals surface area contributed by atoms with Crippen molar-refractivity contribution < 1.29 is 18.7 Å². The summed E-state index contributed by atoms with van der Waals surface area (Å²) in [4.78, 5) is 33.0. The number of carbonyl (C=O) groups excluding carboxylic acids is 2. The molecule has 0 spiro atoms. The lowest BCUT2D eigenvalue weighted by Gasteiger charge is -2.39. The zero-order valence-corrected chi connectivity index (χ0v) is 26.0. The van der Waals surface area contributed by atoms with Gasteiger partial charge in [0.1, 0.15) is 0 Å². The number of aromatic nitrogens is 3. The van der Waals surface area contributed by atoms with Gasteiger partial charge < -0.3 is 30.9 Å². The van der Waals surface area contributed by atoms with Gasteiger partial charge in [0.2, 0.25) is 0 Å². The molecule has 0 bridgehead atoms. The number of piperazine rings is 1. The predicted octanol–water partition coefficient (Wildman–Crippen LogP) is 2.80. The molecule has 12 nitrogen and oxygen atoms in total. The number of nitrogens with two attached hydrogens (primary N) is 1. The van der Waals surface area contributed by atoms with Gasteiger partial charge in [-0.2, -0.15) is 0 Å². The molecule has 5 rings (SSSR count). The molecule has 236 valence electrons. The smallest absolute Gasteiger partial charge is 0.273 e. The Morgan fingerprint density at radius 3 is 2.68 bits per heavy atom. The Labute approximate surface area is 261 Å². The molecule has 14 heteroatoms. The van der Waals surface area contributed by atoms with Crippen LogP contribution in [0.1, 0.15) is 39.8 Å². The molecule has 4 N–H and O–H groups in total. The van der Waals surface area contributed by atoms with Gasteiger partial charge in [-0.25, -0.2) is 9.07 Å². The third-order valence-electron chi connectivity index (χ3n) is 8.25. The van der Waals surface area contributed by atoms with Crippen molar-refractivity contribution in [1.82, 2.24) is 30.1 Å². The van der Waals surface area contributed by atoms with E-state index >= 15 is 0 Å².